The Hall–Kier alpha value is -1.03. The Kier molecular flexibility index (Phi) is 2.46. The van der Waals surface area contributed by atoms with Gasteiger partial charge in [-0.2, -0.15) is 0 Å². The van der Waals surface area contributed by atoms with E-state index in [1.807, 2.05) is 18.2 Å². The fourth-order valence-electron chi connectivity index (χ4n) is 1.68. The van der Waals surface area contributed by atoms with Gasteiger partial charge in [0.05, 0.1) is 0 Å². The third kappa shape index (κ3) is 1.62. The summed E-state index contributed by atoms with van der Waals surface area (Å²) in [6.07, 6.45) is 1.45. The van der Waals surface area contributed by atoms with Crippen molar-refractivity contribution in [3.8, 4) is 0 Å². The van der Waals surface area contributed by atoms with Gasteiger partial charge in [-0.25, -0.2) is 4.79 Å². The number of aliphatic carboxylic acids is 1. The third-order valence-corrected chi connectivity index (χ3v) is 3.17. The summed E-state index contributed by atoms with van der Waals surface area (Å²) in [5.41, 5.74) is 2.10. The maximum absolute atomic E-state index is 10.8. The second-order valence-corrected chi connectivity index (χ2v) is 4.19. The number of hydrogen-bond acceptors (Lipinski definition) is 2. The lowest BCUT2D eigenvalue weighted by Gasteiger charge is -2.24. The fraction of sp³-hybridized carbons (Fsp3) is 0.300. The van der Waals surface area contributed by atoms with E-state index in [-0.39, 0.29) is 0 Å². The van der Waals surface area contributed by atoms with Gasteiger partial charge in [-0.3, -0.25) is 0 Å². The van der Waals surface area contributed by atoms with E-state index >= 15 is 0 Å². The van der Waals surface area contributed by atoms with Crippen molar-refractivity contribution < 1.29 is 9.90 Å². The summed E-state index contributed by atoms with van der Waals surface area (Å²) in [6.45, 7) is 0. The van der Waals surface area contributed by atoms with Crippen LogP contribution in [-0.4, -0.2) is 17.1 Å². The smallest absolute Gasteiger partial charge is 0.326 e. The van der Waals surface area contributed by atoms with Gasteiger partial charge in [0, 0.05) is 10.2 Å². The van der Waals surface area contributed by atoms with Gasteiger partial charge in [0.2, 0.25) is 0 Å². The van der Waals surface area contributed by atoms with Crippen LogP contribution in [-0.2, 0) is 11.2 Å². The van der Waals surface area contributed by atoms with E-state index in [1.54, 1.807) is 0 Å². The summed E-state index contributed by atoms with van der Waals surface area (Å²) in [5.74, 6) is -0.782. The van der Waals surface area contributed by atoms with Crippen molar-refractivity contribution in [2.75, 3.05) is 5.32 Å². The second-order valence-electron chi connectivity index (χ2n) is 3.34. The standard InChI is InChI=1S/C10H10BrNO2/c11-7-2-1-3-8-6(7)4-5-9(12-8)10(13)14/h1-3,9,12H,4-5H2,(H,13,14)/t9-/m1/s1. The van der Waals surface area contributed by atoms with Crippen LogP contribution in [0.4, 0.5) is 5.69 Å². The minimum atomic E-state index is -0.782. The number of carboxylic acid groups (broad SMARTS) is 1. The van der Waals surface area contributed by atoms with Crippen LogP contribution in [0.25, 0.3) is 0 Å². The molecule has 0 amide bonds. The molecule has 4 heteroatoms. The first-order chi connectivity index (χ1) is 6.68. The lowest BCUT2D eigenvalue weighted by Crippen LogP contribution is -2.33. The fourth-order valence-corrected chi connectivity index (χ4v) is 2.25. The van der Waals surface area contributed by atoms with Crippen LogP contribution in [0.15, 0.2) is 22.7 Å². The maximum Gasteiger partial charge on any atom is 0.326 e. The largest absolute Gasteiger partial charge is 0.480 e. The minimum absolute atomic E-state index is 0.447. The highest BCUT2D eigenvalue weighted by Gasteiger charge is 2.23. The summed E-state index contributed by atoms with van der Waals surface area (Å²) in [5, 5.41) is 11.9. The van der Waals surface area contributed by atoms with Crippen LogP contribution >= 0.6 is 15.9 Å². The molecule has 1 aliphatic heterocycles. The lowest BCUT2D eigenvalue weighted by molar-refractivity contribution is -0.138. The second kappa shape index (κ2) is 3.61. The molecule has 3 nitrogen and oxygen atoms in total. The number of rotatable bonds is 1. The molecule has 0 spiro atoms. The van der Waals surface area contributed by atoms with E-state index in [9.17, 15) is 4.79 Å². The van der Waals surface area contributed by atoms with Crippen LogP contribution in [0.3, 0.4) is 0 Å². The van der Waals surface area contributed by atoms with Gasteiger partial charge in [0.1, 0.15) is 6.04 Å². The minimum Gasteiger partial charge on any atom is -0.480 e. The number of carboxylic acids is 1. The number of carbonyl (C=O) groups is 1. The van der Waals surface area contributed by atoms with Gasteiger partial charge in [0.15, 0.2) is 0 Å². The van der Waals surface area contributed by atoms with E-state index in [1.165, 1.54) is 5.56 Å². The molecular formula is C10H10BrNO2. The molecule has 0 bridgehead atoms. The average molecular weight is 256 g/mol. The Balaban J connectivity index is 2.31. The number of benzene rings is 1. The van der Waals surface area contributed by atoms with Crippen LogP contribution < -0.4 is 5.32 Å². The van der Waals surface area contributed by atoms with Crippen molar-refractivity contribution in [2.24, 2.45) is 0 Å². The summed E-state index contributed by atoms with van der Waals surface area (Å²) >= 11 is 3.45. The van der Waals surface area contributed by atoms with Crippen molar-refractivity contribution in [3.63, 3.8) is 0 Å². The molecule has 1 heterocycles. The predicted octanol–water partition coefficient (Wildman–Crippen LogP) is 2.26. The molecule has 1 aromatic carbocycles. The average Bonchev–Trinajstić information content (AvgIpc) is 2.17. The van der Waals surface area contributed by atoms with Crippen LogP contribution in [0, 0.1) is 0 Å². The quantitative estimate of drug-likeness (QED) is 0.810. The summed E-state index contributed by atoms with van der Waals surface area (Å²) in [4.78, 5) is 10.8. The van der Waals surface area contributed by atoms with Crippen molar-refractivity contribution in [1.29, 1.82) is 0 Å². The topological polar surface area (TPSA) is 49.3 Å². The van der Waals surface area contributed by atoms with Gasteiger partial charge in [0.25, 0.3) is 0 Å². The van der Waals surface area contributed by atoms with E-state index in [0.29, 0.717) is 6.42 Å². The van der Waals surface area contributed by atoms with Crippen molar-refractivity contribution >= 4 is 27.6 Å². The van der Waals surface area contributed by atoms with Crippen LogP contribution in [0.5, 0.6) is 0 Å². The summed E-state index contributed by atoms with van der Waals surface area (Å²) < 4.78 is 1.05. The number of nitrogens with one attached hydrogen (secondary N) is 1. The van der Waals surface area contributed by atoms with Crippen LogP contribution in [0.1, 0.15) is 12.0 Å². The highest BCUT2D eigenvalue weighted by molar-refractivity contribution is 9.10. The maximum atomic E-state index is 10.8. The first-order valence-corrected chi connectivity index (χ1v) is 5.24. The SMILES string of the molecule is O=C(O)[C@H]1CCc2c(Br)cccc2N1. The molecule has 0 aromatic heterocycles. The zero-order valence-electron chi connectivity index (χ0n) is 7.46. The zero-order valence-corrected chi connectivity index (χ0v) is 9.04. The van der Waals surface area contributed by atoms with Gasteiger partial charge in [-0.1, -0.05) is 22.0 Å². The first kappa shape index (κ1) is 9.52. The van der Waals surface area contributed by atoms with E-state index < -0.39 is 12.0 Å². The Morgan fingerprint density at radius 1 is 1.57 bits per heavy atom. The third-order valence-electron chi connectivity index (χ3n) is 2.43. The molecule has 1 aliphatic rings. The van der Waals surface area contributed by atoms with Crippen molar-refractivity contribution in [2.45, 2.75) is 18.9 Å². The number of hydrogen-bond donors (Lipinski definition) is 2. The molecule has 1 aromatic rings. The molecule has 0 radical (unpaired) electrons. The Morgan fingerprint density at radius 2 is 2.36 bits per heavy atom. The molecule has 1 atom stereocenters. The number of halogens is 1. The predicted molar refractivity (Wildman–Crippen MR) is 57.5 cm³/mol. The van der Waals surface area contributed by atoms with E-state index in [2.05, 4.69) is 21.2 Å². The molecule has 0 aliphatic carbocycles. The van der Waals surface area contributed by atoms with Crippen molar-refractivity contribution in [1.82, 2.24) is 0 Å². The molecule has 0 saturated carbocycles. The Morgan fingerprint density at radius 3 is 3.07 bits per heavy atom. The monoisotopic (exact) mass is 255 g/mol. The number of fused-ring (bicyclic) bond motifs is 1. The zero-order chi connectivity index (χ0) is 10.1. The molecule has 74 valence electrons. The molecule has 14 heavy (non-hydrogen) atoms. The molecule has 2 N–H and O–H groups in total. The Bertz CT molecular complexity index is 378. The van der Waals surface area contributed by atoms with E-state index in [4.69, 9.17) is 5.11 Å². The van der Waals surface area contributed by atoms with Gasteiger partial charge in [-0.05, 0) is 30.5 Å². The van der Waals surface area contributed by atoms with Gasteiger partial charge in [-0.15, -0.1) is 0 Å². The molecule has 0 fully saturated rings. The molecule has 0 saturated heterocycles. The first-order valence-electron chi connectivity index (χ1n) is 4.45. The normalized spacial score (nSPS) is 19.6. The Labute approximate surface area is 90.3 Å². The number of anilines is 1. The molecule has 0 unspecified atom stereocenters. The van der Waals surface area contributed by atoms with Crippen LogP contribution in [0.2, 0.25) is 0 Å². The molecular weight excluding hydrogens is 246 g/mol. The highest BCUT2D eigenvalue weighted by Crippen LogP contribution is 2.30. The lowest BCUT2D eigenvalue weighted by atomic mass is 9.98. The van der Waals surface area contributed by atoms with E-state index in [0.717, 1.165) is 16.6 Å². The van der Waals surface area contributed by atoms with Gasteiger partial charge < -0.3 is 10.4 Å². The van der Waals surface area contributed by atoms with Crippen molar-refractivity contribution in [3.05, 3.63) is 28.2 Å². The summed E-state index contributed by atoms with van der Waals surface area (Å²) in [6, 6.07) is 5.34. The highest BCUT2D eigenvalue weighted by atomic mass is 79.9. The summed E-state index contributed by atoms with van der Waals surface area (Å²) in [7, 11) is 0. The molecule has 2 rings (SSSR count). The van der Waals surface area contributed by atoms with Gasteiger partial charge >= 0.3 is 5.97 Å².